The molecule has 4 nitrogen and oxygen atoms in total. The number of benzene rings is 8. The van der Waals surface area contributed by atoms with Crippen molar-refractivity contribution < 1.29 is 8.83 Å². The lowest BCUT2D eigenvalue weighted by atomic mass is 9.96. The van der Waals surface area contributed by atoms with Gasteiger partial charge in [0.05, 0.1) is 11.1 Å². The molecule has 8 aromatic carbocycles. The summed E-state index contributed by atoms with van der Waals surface area (Å²) < 4.78 is 12.8. The van der Waals surface area contributed by atoms with Gasteiger partial charge < -0.3 is 8.83 Å². The molecule has 0 N–H and O–H groups in total. The summed E-state index contributed by atoms with van der Waals surface area (Å²) in [6.07, 6.45) is 0. The fraction of sp³-hybridized carbons (Fsp3) is 0. The maximum absolute atomic E-state index is 6.40. The molecular formula is C52H32N2O2. The topological polar surface area (TPSA) is 52.1 Å². The van der Waals surface area contributed by atoms with Gasteiger partial charge in [0, 0.05) is 32.8 Å². The van der Waals surface area contributed by atoms with Crippen LogP contribution in [-0.2, 0) is 0 Å². The average molecular weight is 717 g/mol. The predicted octanol–water partition coefficient (Wildman–Crippen LogP) is 14.3. The van der Waals surface area contributed by atoms with Crippen molar-refractivity contribution in [3.8, 4) is 67.2 Å². The van der Waals surface area contributed by atoms with E-state index in [4.69, 9.17) is 18.8 Å². The number of rotatable bonds is 6. The SMILES string of the molecule is c1ccc(-c2ccc(-c3cccc(-c4cccc(-c5nc(-c6ccc(-c7cccc8c7oc7ccccc78)cc6)c6c(n5)oc5ccccc56)c4)c3)cc2)cc1. The molecule has 0 aliphatic carbocycles. The third kappa shape index (κ3) is 5.47. The number of para-hydroxylation sites is 3. The molecule has 3 aromatic heterocycles. The Morgan fingerprint density at radius 1 is 0.321 bits per heavy atom. The van der Waals surface area contributed by atoms with E-state index in [0.717, 1.165) is 82.9 Å². The minimum Gasteiger partial charge on any atom is -0.455 e. The summed E-state index contributed by atoms with van der Waals surface area (Å²) in [5.74, 6) is 0.609. The van der Waals surface area contributed by atoms with Crippen LogP contribution in [0.4, 0.5) is 0 Å². The van der Waals surface area contributed by atoms with E-state index in [9.17, 15) is 0 Å². The molecule has 0 spiro atoms. The number of hydrogen-bond acceptors (Lipinski definition) is 4. The molecule has 262 valence electrons. The first-order chi connectivity index (χ1) is 27.7. The Kier molecular flexibility index (Phi) is 7.46. The van der Waals surface area contributed by atoms with Crippen molar-refractivity contribution >= 4 is 44.0 Å². The third-order valence-electron chi connectivity index (χ3n) is 10.8. The standard InChI is InChI=1S/C52H32N2O2/c1-2-11-33(12-3-1)34-23-25-35(26-24-34)38-13-8-14-39(31-38)40-15-9-16-41(32-40)51-53-49(48-45-18-5-7-22-47(45)56-52(48)54-51)37-29-27-36(28-30-37)42-19-10-20-44-43-17-4-6-21-46(43)55-50(42)44/h1-32H. The molecule has 0 radical (unpaired) electrons. The quantitative estimate of drug-likeness (QED) is 0.172. The van der Waals surface area contributed by atoms with Crippen LogP contribution in [0, 0.1) is 0 Å². The lowest BCUT2D eigenvalue weighted by Crippen LogP contribution is -1.94. The first-order valence-corrected chi connectivity index (χ1v) is 18.8. The van der Waals surface area contributed by atoms with Gasteiger partial charge >= 0.3 is 0 Å². The van der Waals surface area contributed by atoms with Crippen LogP contribution in [0.2, 0.25) is 0 Å². The molecule has 56 heavy (non-hydrogen) atoms. The van der Waals surface area contributed by atoms with Gasteiger partial charge in [0.25, 0.3) is 0 Å². The maximum atomic E-state index is 6.40. The molecule has 0 atom stereocenters. The molecule has 0 saturated heterocycles. The van der Waals surface area contributed by atoms with Gasteiger partial charge in [-0.3, -0.25) is 0 Å². The largest absolute Gasteiger partial charge is 0.455 e. The van der Waals surface area contributed by atoms with Gasteiger partial charge in [0.2, 0.25) is 5.71 Å². The van der Waals surface area contributed by atoms with Gasteiger partial charge in [0.1, 0.15) is 16.7 Å². The maximum Gasteiger partial charge on any atom is 0.231 e. The molecule has 11 aromatic rings. The van der Waals surface area contributed by atoms with Gasteiger partial charge in [-0.15, -0.1) is 0 Å². The number of nitrogens with zero attached hydrogens (tertiary/aromatic N) is 2. The highest BCUT2D eigenvalue weighted by atomic mass is 16.3. The summed E-state index contributed by atoms with van der Waals surface area (Å²) in [7, 11) is 0. The van der Waals surface area contributed by atoms with Crippen LogP contribution in [0.25, 0.3) is 111 Å². The van der Waals surface area contributed by atoms with Crippen LogP contribution < -0.4 is 0 Å². The van der Waals surface area contributed by atoms with Gasteiger partial charge in [-0.05, 0) is 63.2 Å². The summed E-state index contributed by atoms with van der Waals surface area (Å²) in [6.45, 7) is 0. The van der Waals surface area contributed by atoms with E-state index in [1.165, 1.54) is 16.7 Å². The molecule has 0 amide bonds. The molecule has 3 heterocycles. The molecule has 0 bridgehead atoms. The highest BCUT2D eigenvalue weighted by molar-refractivity contribution is 6.11. The normalized spacial score (nSPS) is 11.6. The Morgan fingerprint density at radius 3 is 1.57 bits per heavy atom. The lowest BCUT2D eigenvalue weighted by molar-refractivity contribution is 0.653. The molecule has 0 saturated carbocycles. The second-order valence-corrected chi connectivity index (χ2v) is 14.1. The Morgan fingerprint density at radius 2 is 0.821 bits per heavy atom. The average Bonchev–Trinajstić information content (AvgIpc) is 3.85. The zero-order valence-electron chi connectivity index (χ0n) is 30.2. The smallest absolute Gasteiger partial charge is 0.231 e. The number of furan rings is 2. The molecule has 4 heteroatoms. The Bertz CT molecular complexity index is 3230. The third-order valence-corrected chi connectivity index (χ3v) is 10.8. The fourth-order valence-electron chi connectivity index (χ4n) is 7.95. The van der Waals surface area contributed by atoms with Crippen molar-refractivity contribution in [1.29, 1.82) is 0 Å². The van der Waals surface area contributed by atoms with Crippen molar-refractivity contribution in [2.75, 3.05) is 0 Å². The molecule has 0 unspecified atom stereocenters. The summed E-state index contributed by atoms with van der Waals surface area (Å²) in [5, 5.41) is 4.12. The van der Waals surface area contributed by atoms with E-state index in [1.807, 2.05) is 36.4 Å². The van der Waals surface area contributed by atoms with E-state index in [2.05, 4.69) is 158 Å². The fourth-order valence-corrected chi connectivity index (χ4v) is 7.95. The van der Waals surface area contributed by atoms with E-state index >= 15 is 0 Å². The molecule has 11 rings (SSSR count). The van der Waals surface area contributed by atoms with Gasteiger partial charge in [-0.2, -0.15) is 4.98 Å². The van der Waals surface area contributed by atoms with Crippen LogP contribution in [0.5, 0.6) is 0 Å². The van der Waals surface area contributed by atoms with Crippen molar-refractivity contribution in [2.24, 2.45) is 0 Å². The van der Waals surface area contributed by atoms with Crippen LogP contribution in [-0.4, -0.2) is 9.97 Å². The molecule has 0 fully saturated rings. The second-order valence-electron chi connectivity index (χ2n) is 14.1. The first-order valence-electron chi connectivity index (χ1n) is 18.8. The van der Waals surface area contributed by atoms with Crippen LogP contribution in [0.15, 0.2) is 203 Å². The van der Waals surface area contributed by atoms with Crippen LogP contribution in [0.3, 0.4) is 0 Å². The summed E-state index contributed by atoms with van der Waals surface area (Å²) in [6, 6.07) is 67.6. The zero-order valence-corrected chi connectivity index (χ0v) is 30.2. The molecule has 0 aliphatic heterocycles. The second kappa shape index (κ2) is 13.1. The van der Waals surface area contributed by atoms with Gasteiger partial charge in [-0.25, -0.2) is 4.98 Å². The van der Waals surface area contributed by atoms with Crippen molar-refractivity contribution in [3.63, 3.8) is 0 Å². The van der Waals surface area contributed by atoms with Gasteiger partial charge in [-0.1, -0.05) is 170 Å². The van der Waals surface area contributed by atoms with Crippen molar-refractivity contribution in [1.82, 2.24) is 9.97 Å². The van der Waals surface area contributed by atoms with E-state index < -0.39 is 0 Å². The summed E-state index contributed by atoms with van der Waals surface area (Å²) in [4.78, 5) is 10.3. The van der Waals surface area contributed by atoms with Gasteiger partial charge in [0.15, 0.2) is 5.82 Å². The summed E-state index contributed by atoms with van der Waals surface area (Å²) in [5.41, 5.74) is 14.9. The number of aromatic nitrogens is 2. The minimum absolute atomic E-state index is 0.564. The van der Waals surface area contributed by atoms with Crippen molar-refractivity contribution in [2.45, 2.75) is 0 Å². The Balaban J connectivity index is 0.978. The van der Waals surface area contributed by atoms with E-state index in [-0.39, 0.29) is 0 Å². The van der Waals surface area contributed by atoms with E-state index in [1.54, 1.807) is 0 Å². The minimum atomic E-state index is 0.564. The Hall–Kier alpha value is -7.56. The predicted molar refractivity (Wildman–Crippen MR) is 229 cm³/mol. The number of hydrogen-bond donors (Lipinski definition) is 0. The molecule has 0 aliphatic rings. The van der Waals surface area contributed by atoms with Crippen molar-refractivity contribution in [3.05, 3.63) is 194 Å². The van der Waals surface area contributed by atoms with Crippen LogP contribution >= 0.6 is 0 Å². The Labute approximate surface area is 323 Å². The van der Waals surface area contributed by atoms with Crippen LogP contribution in [0.1, 0.15) is 0 Å². The lowest BCUT2D eigenvalue weighted by Gasteiger charge is -2.10. The number of fused-ring (bicyclic) bond motifs is 6. The highest BCUT2D eigenvalue weighted by Crippen LogP contribution is 2.40. The molecular weight excluding hydrogens is 685 g/mol. The summed E-state index contributed by atoms with van der Waals surface area (Å²) >= 11 is 0. The monoisotopic (exact) mass is 716 g/mol. The highest BCUT2D eigenvalue weighted by Gasteiger charge is 2.19. The zero-order chi connectivity index (χ0) is 37.0. The first kappa shape index (κ1) is 31.9. The van der Waals surface area contributed by atoms with E-state index in [0.29, 0.717) is 11.5 Å².